The van der Waals surface area contributed by atoms with E-state index >= 15 is 0 Å². The van der Waals surface area contributed by atoms with Crippen molar-refractivity contribution in [2.75, 3.05) is 13.6 Å². The van der Waals surface area contributed by atoms with Gasteiger partial charge in [-0.25, -0.2) is 0 Å². The Balaban J connectivity index is 2.00. The molecule has 1 aliphatic rings. The van der Waals surface area contributed by atoms with Gasteiger partial charge in [-0.1, -0.05) is 23.8 Å². The van der Waals surface area contributed by atoms with Gasteiger partial charge < -0.3 is 10.6 Å². The van der Waals surface area contributed by atoms with Crippen LogP contribution >= 0.6 is 0 Å². The Morgan fingerprint density at radius 3 is 3.06 bits per heavy atom. The molecule has 1 aromatic carbocycles. The van der Waals surface area contributed by atoms with E-state index in [1.54, 1.807) is 0 Å². The molecular weight excluding hydrogens is 212 g/mol. The third-order valence-electron chi connectivity index (χ3n) is 3.31. The summed E-state index contributed by atoms with van der Waals surface area (Å²) in [6.07, 6.45) is 2.66. The molecule has 0 spiro atoms. The molecule has 0 fully saturated rings. The highest BCUT2D eigenvalue weighted by molar-refractivity contribution is 5.76. The monoisotopic (exact) mass is 232 g/mol. The maximum atomic E-state index is 11.7. The first-order valence-corrected chi connectivity index (χ1v) is 6.24. The molecule has 3 nitrogen and oxygen atoms in total. The zero-order valence-corrected chi connectivity index (χ0v) is 10.5. The largest absolute Gasteiger partial charge is 0.349 e. The van der Waals surface area contributed by atoms with E-state index in [0.29, 0.717) is 6.42 Å². The number of rotatable bonds is 4. The Bertz CT molecular complexity index is 415. The van der Waals surface area contributed by atoms with Gasteiger partial charge in [0.1, 0.15) is 0 Å². The maximum absolute atomic E-state index is 11.7. The van der Waals surface area contributed by atoms with Gasteiger partial charge in [0.25, 0.3) is 0 Å². The second kappa shape index (κ2) is 5.32. The Labute approximate surface area is 103 Å². The molecule has 92 valence electrons. The molecule has 0 bridgehead atoms. The molecule has 1 aromatic rings. The maximum Gasteiger partial charge on any atom is 0.221 e. The molecule has 0 saturated heterocycles. The van der Waals surface area contributed by atoms with Crippen LogP contribution in [-0.4, -0.2) is 19.5 Å². The summed E-state index contributed by atoms with van der Waals surface area (Å²) >= 11 is 0. The summed E-state index contributed by atoms with van der Waals surface area (Å²) in [4.78, 5) is 11.7. The molecule has 1 atom stereocenters. The molecule has 1 unspecified atom stereocenters. The Morgan fingerprint density at radius 2 is 2.29 bits per heavy atom. The van der Waals surface area contributed by atoms with E-state index in [0.717, 1.165) is 19.4 Å². The van der Waals surface area contributed by atoms with Crippen molar-refractivity contribution in [2.24, 2.45) is 0 Å². The number of benzene rings is 1. The van der Waals surface area contributed by atoms with Gasteiger partial charge in [0, 0.05) is 13.0 Å². The molecule has 0 radical (unpaired) electrons. The smallest absolute Gasteiger partial charge is 0.221 e. The fraction of sp³-hybridized carbons (Fsp3) is 0.500. The van der Waals surface area contributed by atoms with Gasteiger partial charge in [-0.2, -0.15) is 0 Å². The second-order valence-electron chi connectivity index (χ2n) is 4.71. The zero-order chi connectivity index (χ0) is 12.3. The number of hydrogen-bond acceptors (Lipinski definition) is 2. The minimum Gasteiger partial charge on any atom is -0.349 e. The summed E-state index contributed by atoms with van der Waals surface area (Å²) in [6, 6.07) is 6.72. The van der Waals surface area contributed by atoms with E-state index < -0.39 is 0 Å². The van der Waals surface area contributed by atoms with Crippen molar-refractivity contribution in [2.45, 2.75) is 32.2 Å². The van der Waals surface area contributed by atoms with Crippen LogP contribution in [0.4, 0.5) is 0 Å². The van der Waals surface area contributed by atoms with Crippen molar-refractivity contribution in [3.8, 4) is 0 Å². The average Bonchev–Trinajstić information content (AvgIpc) is 2.69. The fourth-order valence-corrected chi connectivity index (χ4v) is 2.40. The minimum absolute atomic E-state index is 0.137. The van der Waals surface area contributed by atoms with Crippen molar-refractivity contribution in [3.63, 3.8) is 0 Å². The van der Waals surface area contributed by atoms with Crippen LogP contribution in [0.2, 0.25) is 0 Å². The summed E-state index contributed by atoms with van der Waals surface area (Å²) < 4.78 is 0. The third-order valence-corrected chi connectivity index (χ3v) is 3.31. The number of aryl methyl sites for hydroxylation is 2. The highest BCUT2D eigenvalue weighted by atomic mass is 16.1. The SMILES string of the molecule is CNCCC(=O)NC1CCc2cc(C)ccc21. The van der Waals surface area contributed by atoms with Crippen molar-refractivity contribution in [1.82, 2.24) is 10.6 Å². The van der Waals surface area contributed by atoms with E-state index in [4.69, 9.17) is 0 Å². The van der Waals surface area contributed by atoms with Crippen LogP contribution in [0.3, 0.4) is 0 Å². The first-order valence-electron chi connectivity index (χ1n) is 6.24. The molecule has 0 aromatic heterocycles. The Hall–Kier alpha value is -1.35. The molecule has 1 amide bonds. The molecule has 1 aliphatic carbocycles. The van der Waals surface area contributed by atoms with Crippen LogP contribution in [0, 0.1) is 6.92 Å². The van der Waals surface area contributed by atoms with E-state index in [2.05, 4.69) is 35.8 Å². The predicted octanol–water partition coefficient (Wildman–Crippen LogP) is 1.71. The van der Waals surface area contributed by atoms with Crippen molar-refractivity contribution in [3.05, 3.63) is 34.9 Å². The van der Waals surface area contributed by atoms with Crippen molar-refractivity contribution >= 4 is 5.91 Å². The summed E-state index contributed by atoms with van der Waals surface area (Å²) in [5, 5.41) is 6.10. The number of amides is 1. The topological polar surface area (TPSA) is 41.1 Å². The van der Waals surface area contributed by atoms with Crippen molar-refractivity contribution < 1.29 is 4.79 Å². The van der Waals surface area contributed by atoms with Crippen LogP contribution in [0.5, 0.6) is 0 Å². The third kappa shape index (κ3) is 2.86. The average molecular weight is 232 g/mol. The second-order valence-corrected chi connectivity index (χ2v) is 4.71. The van der Waals surface area contributed by atoms with Crippen LogP contribution in [0.25, 0.3) is 0 Å². The fourth-order valence-electron chi connectivity index (χ4n) is 2.40. The number of nitrogens with one attached hydrogen (secondary N) is 2. The summed E-state index contributed by atoms with van der Waals surface area (Å²) in [5.74, 6) is 0.137. The summed E-state index contributed by atoms with van der Waals surface area (Å²) in [6.45, 7) is 2.85. The van der Waals surface area contributed by atoms with Gasteiger partial charge in [-0.15, -0.1) is 0 Å². The van der Waals surface area contributed by atoms with Gasteiger partial charge >= 0.3 is 0 Å². The number of carbonyl (C=O) groups excluding carboxylic acids is 1. The first-order chi connectivity index (χ1) is 8.20. The molecule has 0 aliphatic heterocycles. The molecule has 0 heterocycles. The first kappa shape index (κ1) is 12.1. The molecule has 0 saturated carbocycles. The van der Waals surface area contributed by atoms with Gasteiger partial charge in [0.15, 0.2) is 0 Å². The normalized spacial score (nSPS) is 17.9. The lowest BCUT2D eigenvalue weighted by molar-refractivity contribution is -0.121. The molecular formula is C14H20N2O. The van der Waals surface area contributed by atoms with Gasteiger partial charge in [-0.05, 0) is 37.9 Å². The molecule has 2 rings (SSSR count). The Morgan fingerprint density at radius 1 is 1.47 bits per heavy atom. The van der Waals surface area contributed by atoms with Gasteiger partial charge in [0.2, 0.25) is 5.91 Å². The number of carbonyl (C=O) groups is 1. The standard InChI is InChI=1S/C14H20N2O/c1-10-3-5-12-11(9-10)4-6-13(12)16-14(17)7-8-15-2/h3,5,9,13,15H,4,6-8H2,1-2H3,(H,16,17). The van der Waals surface area contributed by atoms with Gasteiger partial charge in [0.05, 0.1) is 6.04 Å². The molecule has 17 heavy (non-hydrogen) atoms. The van der Waals surface area contributed by atoms with Crippen LogP contribution in [0.15, 0.2) is 18.2 Å². The minimum atomic E-state index is 0.137. The highest BCUT2D eigenvalue weighted by Crippen LogP contribution is 2.31. The molecule has 2 N–H and O–H groups in total. The van der Waals surface area contributed by atoms with Gasteiger partial charge in [-0.3, -0.25) is 4.79 Å². The molecule has 3 heteroatoms. The highest BCUT2D eigenvalue weighted by Gasteiger charge is 2.23. The van der Waals surface area contributed by atoms with Crippen LogP contribution < -0.4 is 10.6 Å². The Kier molecular flexibility index (Phi) is 3.79. The lowest BCUT2D eigenvalue weighted by Gasteiger charge is -2.14. The van der Waals surface area contributed by atoms with Crippen molar-refractivity contribution in [1.29, 1.82) is 0 Å². The van der Waals surface area contributed by atoms with E-state index in [1.807, 2.05) is 7.05 Å². The quantitative estimate of drug-likeness (QED) is 0.829. The van der Waals surface area contributed by atoms with Crippen LogP contribution in [-0.2, 0) is 11.2 Å². The summed E-state index contributed by atoms with van der Waals surface area (Å²) in [7, 11) is 1.86. The van der Waals surface area contributed by atoms with E-state index in [9.17, 15) is 4.79 Å². The number of fused-ring (bicyclic) bond motifs is 1. The summed E-state index contributed by atoms with van der Waals surface area (Å²) in [5.41, 5.74) is 3.99. The predicted molar refractivity (Wildman–Crippen MR) is 68.9 cm³/mol. The lowest BCUT2D eigenvalue weighted by Crippen LogP contribution is -2.29. The lowest BCUT2D eigenvalue weighted by atomic mass is 10.1. The zero-order valence-electron chi connectivity index (χ0n) is 10.5. The number of hydrogen-bond donors (Lipinski definition) is 2. The van der Waals surface area contributed by atoms with E-state index in [-0.39, 0.29) is 11.9 Å². The van der Waals surface area contributed by atoms with E-state index in [1.165, 1.54) is 16.7 Å². The van der Waals surface area contributed by atoms with Crippen LogP contribution in [0.1, 0.15) is 35.6 Å².